The molecule has 0 saturated carbocycles. The molecule has 0 radical (unpaired) electrons. The molecule has 0 saturated heterocycles. The molecule has 0 spiro atoms. The van der Waals surface area contributed by atoms with Crippen LogP contribution >= 0.6 is 0 Å². The molecular weight excluding hydrogens is 306 g/mol. The normalized spacial score (nSPS) is 11.8. The van der Waals surface area contributed by atoms with E-state index in [1.807, 2.05) is 43.3 Å². The van der Waals surface area contributed by atoms with Crippen molar-refractivity contribution in [2.24, 2.45) is 0 Å². The second-order valence-corrected chi connectivity index (χ2v) is 5.29. The van der Waals surface area contributed by atoms with Crippen LogP contribution in [0.1, 0.15) is 12.5 Å². The van der Waals surface area contributed by atoms with Crippen molar-refractivity contribution in [3.05, 3.63) is 54.2 Å². The van der Waals surface area contributed by atoms with Gasteiger partial charge in [-0.3, -0.25) is 20.2 Å². The number of nitrogens with zero attached hydrogens (tertiary/aromatic N) is 3. The molecule has 7 nitrogen and oxygen atoms in total. The van der Waals surface area contributed by atoms with E-state index in [1.165, 1.54) is 0 Å². The third-order valence-electron chi connectivity index (χ3n) is 3.30. The average molecular weight is 323 g/mol. The number of carbonyl (C=O) groups is 1. The van der Waals surface area contributed by atoms with E-state index in [9.17, 15) is 4.79 Å². The molecule has 1 unspecified atom stereocenters. The maximum atomic E-state index is 12.2. The van der Waals surface area contributed by atoms with E-state index in [2.05, 4.69) is 25.5 Å². The Morgan fingerprint density at radius 2 is 2.12 bits per heavy atom. The Bertz CT molecular complexity index is 832. The molecule has 0 fully saturated rings. The Hall–Kier alpha value is -3.22. The van der Waals surface area contributed by atoms with E-state index >= 15 is 0 Å². The molecule has 0 aliphatic carbocycles. The summed E-state index contributed by atoms with van der Waals surface area (Å²) in [4.78, 5) is 20.6. The molecule has 0 bridgehead atoms. The molecule has 2 heterocycles. The zero-order chi connectivity index (χ0) is 16.9. The van der Waals surface area contributed by atoms with Crippen LogP contribution in [0.4, 0.5) is 5.95 Å². The summed E-state index contributed by atoms with van der Waals surface area (Å²) in [6.45, 7) is 3.63. The lowest BCUT2D eigenvalue weighted by Gasteiger charge is -2.13. The number of rotatable bonds is 5. The van der Waals surface area contributed by atoms with Crippen molar-refractivity contribution < 1.29 is 9.53 Å². The monoisotopic (exact) mass is 323 g/mol. The number of ether oxygens (including phenoxy) is 1. The molecule has 2 aromatic heterocycles. The van der Waals surface area contributed by atoms with Crippen molar-refractivity contribution in [1.82, 2.24) is 20.2 Å². The Balaban J connectivity index is 1.63. The molecule has 3 rings (SSSR count). The van der Waals surface area contributed by atoms with E-state index in [0.29, 0.717) is 17.3 Å². The number of benzene rings is 1. The number of aromatic amines is 1. The summed E-state index contributed by atoms with van der Waals surface area (Å²) >= 11 is 0. The Labute approximate surface area is 139 Å². The first-order valence-corrected chi connectivity index (χ1v) is 7.50. The predicted molar refractivity (Wildman–Crippen MR) is 89.5 cm³/mol. The van der Waals surface area contributed by atoms with Crippen LogP contribution in [0.2, 0.25) is 0 Å². The number of hydrogen-bond acceptors (Lipinski definition) is 5. The molecule has 0 aliphatic rings. The van der Waals surface area contributed by atoms with Gasteiger partial charge in [-0.05, 0) is 43.7 Å². The van der Waals surface area contributed by atoms with E-state index < -0.39 is 6.10 Å². The number of aryl methyl sites for hydroxylation is 1. The molecule has 2 N–H and O–H groups in total. The zero-order valence-electron chi connectivity index (χ0n) is 13.4. The van der Waals surface area contributed by atoms with Gasteiger partial charge in [-0.25, -0.2) is 0 Å². The molecule has 1 amide bonds. The highest BCUT2D eigenvalue weighted by atomic mass is 16.5. The van der Waals surface area contributed by atoms with Crippen LogP contribution < -0.4 is 10.1 Å². The number of aromatic nitrogens is 4. The van der Waals surface area contributed by atoms with Gasteiger partial charge in [-0.1, -0.05) is 18.2 Å². The number of hydrogen-bond donors (Lipinski definition) is 2. The van der Waals surface area contributed by atoms with Gasteiger partial charge in [0.25, 0.3) is 5.91 Å². The number of amides is 1. The van der Waals surface area contributed by atoms with Gasteiger partial charge in [0.1, 0.15) is 11.4 Å². The van der Waals surface area contributed by atoms with Crippen LogP contribution in [-0.2, 0) is 4.79 Å². The summed E-state index contributed by atoms with van der Waals surface area (Å²) in [5.41, 5.74) is 1.71. The first-order chi connectivity index (χ1) is 11.6. The highest BCUT2D eigenvalue weighted by molar-refractivity contribution is 5.92. The molecule has 3 aromatic rings. The van der Waals surface area contributed by atoms with Crippen molar-refractivity contribution in [3.63, 3.8) is 0 Å². The van der Waals surface area contributed by atoms with Crippen LogP contribution in [0.3, 0.4) is 0 Å². The van der Waals surface area contributed by atoms with Gasteiger partial charge in [0, 0.05) is 6.20 Å². The average Bonchev–Trinajstić information content (AvgIpc) is 3.04. The molecule has 1 atom stereocenters. The van der Waals surface area contributed by atoms with Crippen molar-refractivity contribution in [2.75, 3.05) is 5.32 Å². The highest BCUT2D eigenvalue weighted by Crippen LogP contribution is 2.15. The molecular formula is C17H17N5O2. The Morgan fingerprint density at radius 1 is 1.25 bits per heavy atom. The minimum absolute atomic E-state index is 0.181. The summed E-state index contributed by atoms with van der Waals surface area (Å²) < 4.78 is 5.63. The number of anilines is 1. The van der Waals surface area contributed by atoms with Crippen molar-refractivity contribution in [1.29, 1.82) is 0 Å². The maximum absolute atomic E-state index is 12.2. The molecule has 7 heteroatoms. The number of H-pyrrole nitrogens is 1. The van der Waals surface area contributed by atoms with Crippen LogP contribution in [0.15, 0.2) is 48.7 Å². The molecule has 122 valence electrons. The summed E-state index contributed by atoms with van der Waals surface area (Å²) in [6.07, 6.45) is 0.983. The smallest absolute Gasteiger partial charge is 0.267 e. The third-order valence-corrected chi connectivity index (χ3v) is 3.30. The van der Waals surface area contributed by atoms with E-state index in [-0.39, 0.29) is 11.9 Å². The van der Waals surface area contributed by atoms with Crippen molar-refractivity contribution in [3.8, 4) is 17.3 Å². The maximum Gasteiger partial charge on any atom is 0.267 e. The van der Waals surface area contributed by atoms with Crippen LogP contribution in [0, 0.1) is 6.92 Å². The van der Waals surface area contributed by atoms with Crippen LogP contribution in [0.5, 0.6) is 5.75 Å². The summed E-state index contributed by atoms with van der Waals surface area (Å²) in [7, 11) is 0. The second kappa shape index (κ2) is 6.91. The van der Waals surface area contributed by atoms with Gasteiger partial charge in [0.15, 0.2) is 11.9 Å². The van der Waals surface area contributed by atoms with Gasteiger partial charge in [0.2, 0.25) is 5.95 Å². The zero-order valence-corrected chi connectivity index (χ0v) is 13.4. The number of nitrogens with one attached hydrogen (secondary N) is 2. The van der Waals surface area contributed by atoms with Crippen LogP contribution in [0.25, 0.3) is 11.5 Å². The van der Waals surface area contributed by atoms with E-state index in [4.69, 9.17) is 4.74 Å². The standard InChI is InChI=1S/C17H17N5O2/c1-11-6-5-7-13(10-11)24-12(2)16(23)20-17-19-15(21-22-17)14-8-3-4-9-18-14/h3-10,12H,1-2H3,(H2,19,20,21,22,23). The van der Waals surface area contributed by atoms with Crippen molar-refractivity contribution >= 4 is 11.9 Å². The molecule has 24 heavy (non-hydrogen) atoms. The Morgan fingerprint density at radius 3 is 2.88 bits per heavy atom. The van der Waals surface area contributed by atoms with E-state index in [0.717, 1.165) is 5.56 Å². The summed E-state index contributed by atoms with van der Waals surface area (Å²) in [5, 5.41) is 9.34. The Kier molecular flexibility index (Phi) is 4.51. The fourth-order valence-corrected chi connectivity index (χ4v) is 2.09. The highest BCUT2D eigenvalue weighted by Gasteiger charge is 2.17. The third kappa shape index (κ3) is 3.75. The summed E-state index contributed by atoms with van der Waals surface area (Å²) in [5.74, 6) is 0.975. The van der Waals surface area contributed by atoms with Crippen molar-refractivity contribution in [2.45, 2.75) is 20.0 Å². The first-order valence-electron chi connectivity index (χ1n) is 7.50. The quantitative estimate of drug-likeness (QED) is 0.753. The van der Waals surface area contributed by atoms with E-state index in [1.54, 1.807) is 19.2 Å². The van der Waals surface area contributed by atoms with Gasteiger partial charge in [0.05, 0.1) is 0 Å². The predicted octanol–water partition coefficient (Wildman–Crippen LogP) is 2.58. The van der Waals surface area contributed by atoms with Gasteiger partial charge >= 0.3 is 0 Å². The largest absolute Gasteiger partial charge is 0.481 e. The van der Waals surface area contributed by atoms with Crippen LogP contribution in [-0.4, -0.2) is 32.2 Å². The SMILES string of the molecule is Cc1cccc(OC(C)C(=O)Nc2n[nH]c(-c3ccccn3)n2)c1. The van der Waals surface area contributed by atoms with Gasteiger partial charge in [-0.15, -0.1) is 5.10 Å². The molecule has 0 aliphatic heterocycles. The molecule has 1 aromatic carbocycles. The minimum atomic E-state index is -0.677. The lowest BCUT2D eigenvalue weighted by atomic mass is 10.2. The number of pyridine rings is 1. The topological polar surface area (TPSA) is 92.8 Å². The van der Waals surface area contributed by atoms with Gasteiger partial charge < -0.3 is 4.74 Å². The fraction of sp³-hybridized carbons (Fsp3) is 0.176. The minimum Gasteiger partial charge on any atom is -0.481 e. The lowest BCUT2D eigenvalue weighted by Crippen LogP contribution is -2.30. The fourth-order valence-electron chi connectivity index (χ4n) is 2.09. The first kappa shape index (κ1) is 15.7. The summed E-state index contributed by atoms with van der Waals surface area (Å²) in [6, 6.07) is 13.0. The lowest BCUT2D eigenvalue weighted by molar-refractivity contribution is -0.122. The second-order valence-electron chi connectivity index (χ2n) is 5.29. The van der Waals surface area contributed by atoms with Gasteiger partial charge in [-0.2, -0.15) is 4.98 Å². The number of carbonyl (C=O) groups excluding carboxylic acids is 1.